The van der Waals surface area contributed by atoms with Crippen molar-refractivity contribution in [3.05, 3.63) is 0 Å². The van der Waals surface area contributed by atoms with E-state index in [0.717, 1.165) is 30.1 Å². The zero-order valence-electron chi connectivity index (χ0n) is 12.3. The first kappa shape index (κ1) is 13.4. The summed E-state index contributed by atoms with van der Waals surface area (Å²) in [6, 6.07) is 0.442. The molecule has 0 saturated heterocycles. The molecule has 0 spiro atoms. The number of hydrogen-bond acceptors (Lipinski definition) is 2. The summed E-state index contributed by atoms with van der Waals surface area (Å²) < 4.78 is 0. The van der Waals surface area contributed by atoms with Gasteiger partial charge in [-0.05, 0) is 69.1 Å². The third-order valence-corrected chi connectivity index (χ3v) is 6.30. The molecule has 0 aliphatic heterocycles. The zero-order chi connectivity index (χ0) is 13.6. The van der Waals surface area contributed by atoms with E-state index in [1.165, 1.54) is 32.1 Å². The lowest BCUT2D eigenvalue weighted by molar-refractivity contribution is -0.133. The highest BCUT2D eigenvalue weighted by Crippen LogP contribution is 2.53. The Morgan fingerprint density at radius 3 is 2.11 bits per heavy atom. The Balaban J connectivity index is 1.69. The third kappa shape index (κ3) is 2.20. The van der Waals surface area contributed by atoms with Gasteiger partial charge in [0, 0.05) is 12.6 Å². The van der Waals surface area contributed by atoms with Crippen LogP contribution in [0.5, 0.6) is 0 Å². The van der Waals surface area contributed by atoms with Crippen molar-refractivity contribution in [1.82, 2.24) is 5.32 Å². The molecule has 0 heterocycles. The van der Waals surface area contributed by atoms with Crippen molar-refractivity contribution in [3.8, 4) is 0 Å². The number of nitrogens with one attached hydrogen (secondary N) is 1. The van der Waals surface area contributed by atoms with E-state index in [0.29, 0.717) is 12.6 Å². The van der Waals surface area contributed by atoms with Gasteiger partial charge in [0.1, 0.15) is 0 Å². The van der Waals surface area contributed by atoms with Crippen LogP contribution in [-0.2, 0) is 4.79 Å². The molecule has 4 aliphatic rings. The smallest absolute Gasteiger partial charge is 0.227 e. The van der Waals surface area contributed by atoms with E-state index in [2.05, 4.69) is 12.2 Å². The SMILES string of the molecule is CCC(C)(CN)C(=O)NC1C2CC3CC(C2)CC1C3. The van der Waals surface area contributed by atoms with Gasteiger partial charge in [-0.3, -0.25) is 4.79 Å². The molecule has 1 unspecified atom stereocenters. The van der Waals surface area contributed by atoms with Gasteiger partial charge in [-0.15, -0.1) is 0 Å². The summed E-state index contributed by atoms with van der Waals surface area (Å²) in [5.74, 6) is 3.61. The van der Waals surface area contributed by atoms with Gasteiger partial charge in [0.05, 0.1) is 5.41 Å². The van der Waals surface area contributed by atoms with E-state index < -0.39 is 0 Å². The zero-order valence-corrected chi connectivity index (χ0v) is 12.3. The molecule has 4 aliphatic carbocycles. The van der Waals surface area contributed by atoms with Crippen LogP contribution in [0, 0.1) is 29.1 Å². The van der Waals surface area contributed by atoms with Crippen molar-refractivity contribution in [1.29, 1.82) is 0 Å². The molecule has 0 aromatic heterocycles. The van der Waals surface area contributed by atoms with Gasteiger partial charge in [-0.25, -0.2) is 0 Å². The molecular formula is C16H28N2O. The largest absolute Gasteiger partial charge is 0.352 e. The molecule has 4 fully saturated rings. The number of carbonyl (C=O) groups excluding carboxylic acids is 1. The maximum atomic E-state index is 12.5. The predicted molar refractivity (Wildman–Crippen MR) is 76.4 cm³/mol. The molecule has 108 valence electrons. The number of amides is 1. The highest BCUT2D eigenvalue weighted by Gasteiger charge is 2.49. The molecule has 3 nitrogen and oxygen atoms in total. The molecule has 0 aromatic carbocycles. The standard InChI is InChI=1S/C16H28N2O/c1-3-16(2,9-17)15(19)18-14-12-5-10-4-11(7-12)8-13(14)6-10/h10-14H,3-9,17H2,1-2H3,(H,18,19). The molecule has 4 bridgehead atoms. The van der Waals surface area contributed by atoms with E-state index >= 15 is 0 Å². The van der Waals surface area contributed by atoms with Gasteiger partial charge in [0.2, 0.25) is 5.91 Å². The quantitative estimate of drug-likeness (QED) is 0.818. The van der Waals surface area contributed by atoms with Gasteiger partial charge in [0.25, 0.3) is 0 Å². The maximum Gasteiger partial charge on any atom is 0.227 e. The van der Waals surface area contributed by atoms with Crippen molar-refractivity contribution >= 4 is 5.91 Å². The highest BCUT2D eigenvalue weighted by atomic mass is 16.2. The molecule has 0 radical (unpaired) electrons. The molecule has 3 heteroatoms. The summed E-state index contributed by atoms with van der Waals surface area (Å²) in [6.45, 7) is 4.50. The van der Waals surface area contributed by atoms with Gasteiger partial charge in [0.15, 0.2) is 0 Å². The van der Waals surface area contributed by atoms with Crippen LogP contribution in [-0.4, -0.2) is 18.5 Å². The highest BCUT2D eigenvalue weighted by molar-refractivity contribution is 5.82. The van der Waals surface area contributed by atoms with Crippen LogP contribution in [0.1, 0.15) is 52.4 Å². The van der Waals surface area contributed by atoms with Crippen LogP contribution >= 0.6 is 0 Å². The van der Waals surface area contributed by atoms with Crippen LogP contribution in [0.2, 0.25) is 0 Å². The summed E-state index contributed by atoms with van der Waals surface area (Å²) in [5, 5.41) is 3.39. The predicted octanol–water partition coefficient (Wildman–Crippen LogP) is 2.30. The Bertz CT molecular complexity index is 334. The minimum absolute atomic E-state index is 0.190. The van der Waals surface area contributed by atoms with Gasteiger partial charge in [-0.1, -0.05) is 6.92 Å². The fraction of sp³-hybridized carbons (Fsp3) is 0.938. The van der Waals surface area contributed by atoms with Gasteiger partial charge >= 0.3 is 0 Å². The van der Waals surface area contributed by atoms with E-state index in [4.69, 9.17) is 5.73 Å². The van der Waals surface area contributed by atoms with Crippen LogP contribution < -0.4 is 11.1 Å². The molecule has 4 saturated carbocycles. The van der Waals surface area contributed by atoms with Crippen molar-refractivity contribution in [2.45, 2.75) is 58.4 Å². The normalized spacial score (nSPS) is 43.0. The Morgan fingerprint density at radius 1 is 1.16 bits per heavy atom. The number of rotatable bonds is 4. The Morgan fingerprint density at radius 2 is 1.68 bits per heavy atom. The van der Waals surface area contributed by atoms with Crippen molar-refractivity contribution in [2.75, 3.05) is 6.54 Å². The third-order valence-electron chi connectivity index (χ3n) is 6.30. The average Bonchev–Trinajstić information content (AvgIpc) is 2.40. The average molecular weight is 264 g/mol. The minimum Gasteiger partial charge on any atom is -0.352 e. The lowest BCUT2D eigenvalue weighted by Crippen LogP contribution is -2.58. The van der Waals surface area contributed by atoms with Crippen molar-refractivity contribution < 1.29 is 4.79 Å². The van der Waals surface area contributed by atoms with Crippen LogP contribution in [0.15, 0.2) is 0 Å². The van der Waals surface area contributed by atoms with Crippen molar-refractivity contribution in [3.63, 3.8) is 0 Å². The first-order chi connectivity index (χ1) is 9.05. The summed E-state index contributed by atoms with van der Waals surface area (Å²) >= 11 is 0. The number of hydrogen-bond donors (Lipinski definition) is 2. The number of carbonyl (C=O) groups is 1. The first-order valence-electron chi connectivity index (χ1n) is 8.06. The second-order valence-electron chi connectivity index (χ2n) is 7.55. The summed E-state index contributed by atoms with van der Waals surface area (Å²) in [4.78, 5) is 12.5. The second kappa shape index (κ2) is 4.76. The minimum atomic E-state index is -0.380. The lowest BCUT2D eigenvalue weighted by atomic mass is 9.54. The van der Waals surface area contributed by atoms with E-state index in [1.807, 2.05) is 6.92 Å². The summed E-state index contributed by atoms with van der Waals surface area (Å²) in [7, 11) is 0. The van der Waals surface area contributed by atoms with Gasteiger partial charge < -0.3 is 11.1 Å². The summed E-state index contributed by atoms with van der Waals surface area (Å²) in [5.41, 5.74) is 5.43. The molecule has 19 heavy (non-hydrogen) atoms. The Kier molecular flexibility index (Phi) is 3.36. The first-order valence-corrected chi connectivity index (χ1v) is 8.06. The summed E-state index contributed by atoms with van der Waals surface area (Å²) in [6.07, 6.45) is 7.69. The molecular weight excluding hydrogens is 236 g/mol. The molecule has 1 amide bonds. The van der Waals surface area contributed by atoms with Crippen LogP contribution in [0.25, 0.3) is 0 Å². The van der Waals surface area contributed by atoms with E-state index in [1.54, 1.807) is 0 Å². The molecule has 0 aromatic rings. The molecule has 4 rings (SSSR count). The molecule has 3 N–H and O–H groups in total. The maximum absolute atomic E-state index is 12.5. The fourth-order valence-corrected chi connectivity index (χ4v) is 4.88. The van der Waals surface area contributed by atoms with Crippen LogP contribution in [0.3, 0.4) is 0 Å². The van der Waals surface area contributed by atoms with Crippen LogP contribution in [0.4, 0.5) is 0 Å². The molecule has 1 atom stereocenters. The monoisotopic (exact) mass is 264 g/mol. The number of nitrogens with two attached hydrogens (primary N) is 1. The Hall–Kier alpha value is -0.570. The van der Waals surface area contributed by atoms with Gasteiger partial charge in [-0.2, -0.15) is 0 Å². The van der Waals surface area contributed by atoms with E-state index in [9.17, 15) is 4.79 Å². The fourth-order valence-electron chi connectivity index (χ4n) is 4.88. The lowest BCUT2D eigenvalue weighted by Gasteiger charge is -2.54. The van der Waals surface area contributed by atoms with Crippen molar-refractivity contribution in [2.24, 2.45) is 34.8 Å². The second-order valence-corrected chi connectivity index (χ2v) is 7.55. The Labute approximate surface area is 116 Å². The topological polar surface area (TPSA) is 55.1 Å². The van der Waals surface area contributed by atoms with E-state index in [-0.39, 0.29) is 11.3 Å².